The number of anilines is 2. The van der Waals surface area contributed by atoms with Crippen molar-refractivity contribution in [3.05, 3.63) is 86.4 Å². The van der Waals surface area contributed by atoms with Crippen molar-refractivity contribution in [3.63, 3.8) is 0 Å². The monoisotopic (exact) mass is 549 g/mol. The molecule has 2 aliphatic heterocycles. The summed E-state index contributed by atoms with van der Waals surface area (Å²) in [5.74, 6) is -2.58. The van der Waals surface area contributed by atoms with Crippen LogP contribution < -0.4 is 19.3 Å². The molecule has 0 saturated carbocycles. The van der Waals surface area contributed by atoms with E-state index >= 15 is 0 Å². The third-order valence-corrected chi connectivity index (χ3v) is 6.84. The van der Waals surface area contributed by atoms with E-state index in [-0.39, 0.29) is 41.4 Å². The Kier molecular flexibility index (Phi) is 6.52. The van der Waals surface area contributed by atoms with Gasteiger partial charge in [0.15, 0.2) is 0 Å². The maximum Gasteiger partial charge on any atom is 0.316 e. The number of ether oxygens (including phenoxy) is 2. The smallest absolute Gasteiger partial charge is 0.316 e. The first kappa shape index (κ1) is 25.9. The summed E-state index contributed by atoms with van der Waals surface area (Å²) >= 11 is 6.09. The van der Waals surface area contributed by atoms with Crippen molar-refractivity contribution in [2.75, 3.05) is 23.5 Å². The normalized spacial score (nSPS) is 16.5. The van der Waals surface area contributed by atoms with Crippen LogP contribution in [0.25, 0.3) is 0 Å². The van der Waals surface area contributed by atoms with Gasteiger partial charge in [0.2, 0.25) is 5.91 Å². The van der Waals surface area contributed by atoms with Gasteiger partial charge in [0.25, 0.3) is 17.5 Å². The Balaban J connectivity index is 1.33. The molecule has 1 saturated heterocycles. The van der Waals surface area contributed by atoms with E-state index in [1.54, 1.807) is 25.1 Å². The fourth-order valence-electron chi connectivity index (χ4n) is 4.75. The summed E-state index contributed by atoms with van der Waals surface area (Å²) in [6.07, 6.45) is -0.0701. The second-order valence-corrected chi connectivity index (χ2v) is 9.43. The summed E-state index contributed by atoms with van der Waals surface area (Å²) in [4.78, 5) is 64.6. The maximum absolute atomic E-state index is 13.0. The van der Waals surface area contributed by atoms with Crippen molar-refractivity contribution in [1.29, 1.82) is 0 Å². The van der Waals surface area contributed by atoms with Crippen LogP contribution in [0.3, 0.4) is 0 Å². The van der Waals surface area contributed by atoms with Gasteiger partial charge < -0.3 is 14.4 Å². The Hall–Kier alpha value is -4.77. The van der Waals surface area contributed by atoms with Crippen LogP contribution in [-0.2, 0) is 9.59 Å². The van der Waals surface area contributed by atoms with Gasteiger partial charge in [0, 0.05) is 24.1 Å². The minimum absolute atomic E-state index is 0.0594. The van der Waals surface area contributed by atoms with Gasteiger partial charge in [0.1, 0.15) is 17.1 Å². The highest BCUT2D eigenvalue weighted by atomic mass is 35.5. The summed E-state index contributed by atoms with van der Waals surface area (Å²) in [5, 5.41) is 11.8. The lowest BCUT2D eigenvalue weighted by molar-refractivity contribution is -0.385. The largest absolute Gasteiger partial charge is 0.495 e. The molecule has 0 aromatic heterocycles. The Morgan fingerprint density at radius 2 is 1.82 bits per heavy atom. The molecular formula is C27H20ClN3O8. The fourth-order valence-corrected chi connectivity index (χ4v) is 4.92. The Bertz CT molecular complexity index is 1590. The first-order chi connectivity index (χ1) is 18.6. The molecule has 5 rings (SSSR count). The first-order valence-electron chi connectivity index (χ1n) is 11.7. The zero-order valence-electron chi connectivity index (χ0n) is 20.7. The first-order valence-corrected chi connectivity index (χ1v) is 12.1. The number of nitro groups is 1. The highest BCUT2D eigenvalue weighted by molar-refractivity contribution is 6.36. The van der Waals surface area contributed by atoms with Crippen molar-refractivity contribution in [2.24, 2.45) is 5.92 Å². The molecular weight excluding hydrogens is 530 g/mol. The Labute approximate surface area is 226 Å². The second-order valence-electron chi connectivity index (χ2n) is 8.99. The molecule has 2 aliphatic rings. The van der Waals surface area contributed by atoms with Crippen molar-refractivity contribution >= 4 is 52.4 Å². The number of carbonyl (C=O) groups excluding carboxylic acids is 4. The van der Waals surface area contributed by atoms with Crippen molar-refractivity contribution in [2.45, 2.75) is 13.3 Å². The molecule has 0 unspecified atom stereocenters. The van der Waals surface area contributed by atoms with E-state index in [2.05, 4.69) is 0 Å². The van der Waals surface area contributed by atoms with E-state index in [0.717, 1.165) is 4.90 Å². The number of esters is 1. The SMILES string of the molecule is COc1ccc(Cl)cc1N1C[C@@H](C(=O)Oc2ccc(N3C(=O)c4cccc([N+](=O)[O-])c4C3=O)c(C)c2)CC1=O. The van der Waals surface area contributed by atoms with Crippen LogP contribution in [0.1, 0.15) is 32.7 Å². The predicted molar refractivity (Wildman–Crippen MR) is 140 cm³/mol. The second kappa shape index (κ2) is 9.84. The Morgan fingerprint density at radius 1 is 1.05 bits per heavy atom. The molecule has 1 atom stereocenters. The Morgan fingerprint density at radius 3 is 2.51 bits per heavy atom. The molecule has 12 heteroatoms. The highest BCUT2D eigenvalue weighted by Gasteiger charge is 2.42. The third kappa shape index (κ3) is 4.46. The van der Waals surface area contributed by atoms with E-state index in [1.165, 1.54) is 48.4 Å². The van der Waals surface area contributed by atoms with E-state index in [9.17, 15) is 29.3 Å². The molecule has 0 N–H and O–H groups in total. The van der Waals surface area contributed by atoms with Gasteiger partial charge in [-0.15, -0.1) is 0 Å². The number of rotatable bonds is 6. The average molecular weight is 550 g/mol. The maximum atomic E-state index is 13.0. The number of hydrogen-bond acceptors (Lipinski definition) is 8. The third-order valence-electron chi connectivity index (χ3n) is 6.61. The van der Waals surface area contributed by atoms with Gasteiger partial charge >= 0.3 is 5.97 Å². The number of hydrogen-bond donors (Lipinski definition) is 0. The van der Waals surface area contributed by atoms with Gasteiger partial charge in [-0.2, -0.15) is 0 Å². The topological polar surface area (TPSA) is 136 Å². The predicted octanol–water partition coefficient (Wildman–Crippen LogP) is 4.32. The fraction of sp³-hybridized carbons (Fsp3) is 0.185. The van der Waals surface area contributed by atoms with E-state index in [0.29, 0.717) is 22.0 Å². The number of imide groups is 1. The molecule has 3 aromatic carbocycles. The zero-order chi connectivity index (χ0) is 28.0. The summed E-state index contributed by atoms with van der Waals surface area (Å²) in [6, 6.07) is 13.0. The van der Waals surface area contributed by atoms with Gasteiger partial charge in [-0.25, -0.2) is 4.90 Å². The van der Waals surface area contributed by atoms with Gasteiger partial charge in [-0.3, -0.25) is 29.3 Å². The van der Waals surface area contributed by atoms with Crippen molar-refractivity contribution in [3.8, 4) is 11.5 Å². The van der Waals surface area contributed by atoms with E-state index < -0.39 is 34.3 Å². The van der Waals surface area contributed by atoms with Crippen LogP contribution in [0, 0.1) is 23.0 Å². The number of halogens is 1. The molecule has 198 valence electrons. The molecule has 39 heavy (non-hydrogen) atoms. The quantitative estimate of drug-likeness (QED) is 0.146. The molecule has 0 aliphatic carbocycles. The number of aryl methyl sites for hydroxylation is 1. The molecule has 1 fully saturated rings. The number of nitro benzene ring substituents is 1. The molecule has 0 bridgehead atoms. The lowest BCUT2D eigenvalue weighted by Crippen LogP contribution is -2.30. The minimum Gasteiger partial charge on any atom is -0.495 e. The summed E-state index contributed by atoms with van der Waals surface area (Å²) in [7, 11) is 1.47. The molecule has 0 radical (unpaired) electrons. The summed E-state index contributed by atoms with van der Waals surface area (Å²) in [5.41, 5.74) is 0.291. The number of nitrogens with zero attached hydrogens (tertiary/aromatic N) is 3. The lowest BCUT2D eigenvalue weighted by Gasteiger charge is -2.20. The van der Waals surface area contributed by atoms with Crippen LogP contribution in [0.15, 0.2) is 54.6 Å². The van der Waals surface area contributed by atoms with Crippen LogP contribution in [0.5, 0.6) is 11.5 Å². The van der Waals surface area contributed by atoms with Gasteiger partial charge in [0.05, 0.1) is 34.9 Å². The number of carbonyl (C=O) groups is 4. The zero-order valence-corrected chi connectivity index (χ0v) is 21.4. The van der Waals surface area contributed by atoms with Crippen LogP contribution in [0.2, 0.25) is 5.02 Å². The van der Waals surface area contributed by atoms with Crippen molar-refractivity contribution < 1.29 is 33.6 Å². The summed E-state index contributed by atoms with van der Waals surface area (Å²) in [6.45, 7) is 1.68. The highest BCUT2D eigenvalue weighted by Crippen LogP contribution is 2.38. The molecule has 0 spiro atoms. The average Bonchev–Trinajstić information content (AvgIpc) is 3.41. The van der Waals surface area contributed by atoms with Crippen molar-refractivity contribution in [1.82, 2.24) is 0 Å². The summed E-state index contributed by atoms with van der Waals surface area (Å²) < 4.78 is 10.8. The molecule has 11 nitrogen and oxygen atoms in total. The minimum atomic E-state index is -0.809. The van der Waals surface area contributed by atoms with Gasteiger partial charge in [-0.05, 0) is 55.0 Å². The standard InChI is InChI=1S/C27H20ClN3O8/c1-14-10-17(7-8-19(14)30-25(33)18-4-3-5-20(31(36)37)24(18)26(30)34)39-27(35)15-11-23(32)29(13-15)21-12-16(28)6-9-22(21)38-2/h3-10,12,15H,11,13H2,1-2H3/t15-/m0/s1. The number of methoxy groups -OCH3 is 1. The van der Waals surface area contributed by atoms with Gasteiger partial charge in [-0.1, -0.05) is 17.7 Å². The molecule has 3 aromatic rings. The van der Waals surface area contributed by atoms with Crippen LogP contribution >= 0.6 is 11.6 Å². The number of fused-ring (bicyclic) bond motifs is 1. The van der Waals surface area contributed by atoms with Crippen LogP contribution in [-0.4, -0.2) is 42.3 Å². The number of benzene rings is 3. The number of amides is 3. The van der Waals surface area contributed by atoms with E-state index in [1.807, 2.05) is 0 Å². The van der Waals surface area contributed by atoms with Crippen LogP contribution in [0.4, 0.5) is 17.1 Å². The van der Waals surface area contributed by atoms with E-state index in [4.69, 9.17) is 21.1 Å². The molecule has 2 heterocycles. The lowest BCUT2D eigenvalue weighted by atomic mass is 10.1. The molecule has 3 amide bonds.